The minimum Gasteiger partial charge on any atom is -0.480 e. The molecular formula is C12H9BrF3N3O. The van der Waals surface area contributed by atoms with Crippen LogP contribution in [0.1, 0.15) is 5.56 Å². The zero-order valence-electron chi connectivity index (χ0n) is 10.2. The highest BCUT2D eigenvalue weighted by atomic mass is 79.9. The van der Waals surface area contributed by atoms with Crippen molar-refractivity contribution in [1.29, 1.82) is 0 Å². The summed E-state index contributed by atoms with van der Waals surface area (Å²) >= 11 is 3.16. The van der Waals surface area contributed by atoms with Crippen LogP contribution in [0.25, 0.3) is 0 Å². The average Bonchev–Trinajstić information content (AvgIpc) is 2.40. The maximum Gasteiger partial charge on any atom is 0.418 e. The molecule has 2 rings (SSSR count). The number of hydrogen-bond acceptors (Lipinski definition) is 4. The minimum atomic E-state index is -4.46. The van der Waals surface area contributed by atoms with Gasteiger partial charge in [0, 0.05) is 0 Å². The summed E-state index contributed by atoms with van der Waals surface area (Å²) in [6.45, 7) is 0. The van der Waals surface area contributed by atoms with E-state index in [9.17, 15) is 13.2 Å². The second-order valence-electron chi connectivity index (χ2n) is 3.72. The van der Waals surface area contributed by atoms with E-state index >= 15 is 0 Å². The largest absolute Gasteiger partial charge is 0.480 e. The Morgan fingerprint density at radius 3 is 2.60 bits per heavy atom. The molecule has 0 spiro atoms. The van der Waals surface area contributed by atoms with Gasteiger partial charge < -0.3 is 10.1 Å². The van der Waals surface area contributed by atoms with Crippen molar-refractivity contribution >= 4 is 27.6 Å². The zero-order chi connectivity index (χ0) is 14.8. The van der Waals surface area contributed by atoms with Gasteiger partial charge in [-0.15, -0.1) is 0 Å². The molecule has 1 heterocycles. The number of alkyl halides is 3. The lowest BCUT2D eigenvalue weighted by Crippen LogP contribution is -2.09. The molecule has 1 aromatic carbocycles. The Morgan fingerprint density at radius 1 is 1.25 bits per heavy atom. The van der Waals surface area contributed by atoms with Gasteiger partial charge in [0.1, 0.15) is 0 Å². The van der Waals surface area contributed by atoms with Crippen molar-refractivity contribution < 1.29 is 17.9 Å². The van der Waals surface area contributed by atoms with Crippen molar-refractivity contribution in [2.24, 2.45) is 0 Å². The van der Waals surface area contributed by atoms with Gasteiger partial charge in [-0.1, -0.05) is 12.1 Å². The number of nitrogens with zero attached hydrogens (tertiary/aromatic N) is 2. The molecule has 0 aliphatic rings. The van der Waals surface area contributed by atoms with E-state index in [-0.39, 0.29) is 17.5 Å². The third kappa shape index (κ3) is 3.19. The lowest BCUT2D eigenvalue weighted by atomic mass is 10.1. The summed E-state index contributed by atoms with van der Waals surface area (Å²) in [7, 11) is 1.40. The monoisotopic (exact) mass is 347 g/mol. The van der Waals surface area contributed by atoms with E-state index in [1.54, 1.807) is 0 Å². The fraction of sp³-hybridized carbons (Fsp3) is 0.167. The SMILES string of the molecule is COc1nc(Nc2ccccc2C(F)(F)F)ncc1Br. The number of anilines is 2. The van der Waals surface area contributed by atoms with Gasteiger partial charge >= 0.3 is 6.18 Å². The molecule has 0 aliphatic carbocycles. The number of hydrogen-bond donors (Lipinski definition) is 1. The van der Waals surface area contributed by atoms with Crippen molar-refractivity contribution in [2.75, 3.05) is 12.4 Å². The van der Waals surface area contributed by atoms with Crippen LogP contribution in [0.4, 0.5) is 24.8 Å². The number of rotatable bonds is 3. The molecule has 0 amide bonds. The highest BCUT2D eigenvalue weighted by Gasteiger charge is 2.33. The van der Waals surface area contributed by atoms with Crippen LogP contribution < -0.4 is 10.1 Å². The van der Waals surface area contributed by atoms with Gasteiger partial charge in [-0.25, -0.2) is 4.98 Å². The van der Waals surface area contributed by atoms with Gasteiger partial charge in [0.25, 0.3) is 0 Å². The Morgan fingerprint density at radius 2 is 1.95 bits per heavy atom. The fourth-order valence-electron chi connectivity index (χ4n) is 1.51. The molecule has 0 aliphatic heterocycles. The van der Waals surface area contributed by atoms with Crippen LogP contribution in [-0.2, 0) is 6.18 Å². The number of ether oxygens (including phenoxy) is 1. The van der Waals surface area contributed by atoms with E-state index < -0.39 is 11.7 Å². The second-order valence-corrected chi connectivity index (χ2v) is 4.57. The summed E-state index contributed by atoms with van der Waals surface area (Å²) in [4.78, 5) is 7.84. The summed E-state index contributed by atoms with van der Waals surface area (Å²) in [6.07, 6.45) is -3.06. The number of halogens is 4. The van der Waals surface area contributed by atoms with E-state index in [1.807, 2.05) is 0 Å². The third-order valence-corrected chi connectivity index (χ3v) is 2.93. The van der Waals surface area contributed by atoms with E-state index in [0.29, 0.717) is 4.47 Å². The van der Waals surface area contributed by atoms with Crippen molar-refractivity contribution in [3.8, 4) is 5.88 Å². The first-order valence-corrected chi connectivity index (χ1v) is 6.21. The Labute approximate surface area is 121 Å². The first-order valence-electron chi connectivity index (χ1n) is 5.41. The Kier molecular flexibility index (Phi) is 4.12. The lowest BCUT2D eigenvalue weighted by molar-refractivity contribution is -0.136. The molecule has 0 unspecified atom stereocenters. The average molecular weight is 348 g/mol. The summed E-state index contributed by atoms with van der Waals surface area (Å²) in [5.74, 6) is 0.244. The lowest BCUT2D eigenvalue weighted by Gasteiger charge is -2.13. The highest BCUT2D eigenvalue weighted by Crippen LogP contribution is 2.35. The number of para-hydroxylation sites is 1. The van der Waals surface area contributed by atoms with E-state index in [1.165, 1.54) is 31.5 Å². The Hall–Kier alpha value is -1.83. The predicted molar refractivity (Wildman–Crippen MR) is 71.0 cm³/mol. The molecule has 0 saturated carbocycles. The molecule has 2 aromatic rings. The second kappa shape index (κ2) is 5.66. The Balaban J connectivity index is 2.36. The molecule has 20 heavy (non-hydrogen) atoms. The molecule has 8 heteroatoms. The molecule has 1 N–H and O–H groups in total. The minimum absolute atomic E-state index is 0.0155. The molecule has 4 nitrogen and oxygen atoms in total. The first kappa shape index (κ1) is 14.6. The van der Waals surface area contributed by atoms with Crippen LogP contribution in [-0.4, -0.2) is 17.1 Å². The van der Waals surface area contributed by atoms with Gasteiger partial charge in [-0.05, 0) is 28.1 Å². The van der Waals surface area contributed by atoms with E-state index in [4.69, 9.17) is 4.74 Å². The number of aromatic nitrogens is 2. The van der Waals surface area contributed by atoms with Gasteiger partial charge in [-0.3, -0.25) is 0 Å². The standard InChI is InChI=1S/C12H9BrF3N3O/c1-20-10-8(13)6-17-11(19-10)18-9-5-3-2-4-7(9)12(14,15)16/h2-6H,1H3,(H,17,18,19). The highest BCUT2D eigenvalue weighted by molar-refractivity contribution is 9.10. The molecule has 0 bridgehead atoms. The van der Waals surface area contributed by atoms with Crippen LogP contribution in [0.3, 0.4) is 0 Å². The van der Waals surface area contributed by atoms with Gasteiger partial charge in [0.15, 0.2) is 0 Å². The normalized spacial score (nSPS) is 11.2. The molecule has 0 radical (unpaired) electrons. The maximum atomic E-state index is 12.8. The summed E-state index contributed by atoms with van der Waals surface area (Å²) < 4.78 is 44.0. The number of benzene rings is 1. The van der Waals surface area contributed by atoms with Gasteiger partial charge in [-0.2, -0.15) is 18.2 Å². The molecular weight excluding hydrogens is 339 g/mol. The van der Waals surface area contributed by atoms with E-state index in [2.05, 4.69) is 31.2 Å². The zero-order valence-corrected chi connectivity index (χ0v) is 11.8. The Bertz CT molecular complexity index is 619. The fourth-order valence-corrected chi connectivity index (χ4v) is 1.87. The summed E-state index contributed by atoms with van der Waals surface area (Å²) in [6, 6.07) is 5.10. The third-order valence-electron chi connectivity index (χ3n) is 2.38. The quantitative estimate of drug-likeness (QED) is 0.911. The predicted octanol–water partition coefficient (Wildman–Crippen LogP) is 4.01. The summed E-state index contributed by atoms with van der Waals surface area (Å²) in [5.41, 5.74) is -0.908. The van der Waals surface area contributed by atoms with Crippen LogP contribution >= 0.6 is 15.9 Å². The topological polar surface area (TPSA) is 47.0 Å². The van der Waals surface area contributed by atoms with Crippen LogP contribution in [0.15, 0.2) is 34.9 Å². The van der Waals surface area contributed by atoms with Crippen LogP contribution in [0.2, 0.25) is 0 Å². The molecule has 0 fully saturated rings. The van der Waals surface area contributed by atoms with Crippen molar-refractivity contribution in [3.63, 3.8) is 0 Å². The van der Waals surface area contributed by atoms with Crippen molar-refractivity contribution in [3.05, 3.63) is 40.5 Å². The number of methoxy groups -OCH3 is 1. The molecule has 0 atom stereocenters. The maximum absolute atomic E-state index is 12.8. The van der Waals surface area contributed by atoms with Gasteiger partial charge in [0.2, 0.25) is 11.8 Å². The number of nitrogens with one attached hydrogen (secondary N) is 1. The smallest absolute Gasteiger partial charge is 0.418 e. The molecule has 1 aromatic heterocycles. The van der Waals surface area contributed by atoms with Crippen LogP contribution in [0.5, 0.6) is 5.88 Å². The van der Waals surface area contributed by atoms with Crippen LogP contribution in [0, 0.1) is 0 Å². The van der Waals surface area contributed by atoms with E-state index in [0.717, 1.165) is 6.07 Å². The first-order chi connectivity index (χ1) is 9.41. The van der Waals surface area contributed by atoms with Crippen molar-refractivity contribution in [1.82, 2.24) is 9.97 Å². The summed E-state index contributed by atoms with van der Waals surface area (Å²) in [5, 5.41) is 2.54. The molecule has 0 saturated heterocycles. The van der Waals surface area contributed by atoms with Gasteiger partial charge in [0.05, 0.1) is 29.0 Å². The van der Waals surface area contributed by atoms with Crippen molar-refractivity contribution in [2.45, 2.75) is 6.18 Å². The molecule has 106 valence electrons.